The minimum atomic E-state index is -1.32. The summed E-state index contributed by atoms with van der Waals surface area (Å²) in [6, 6.07) is 17.0. The Bertz CT molecular complexity index is 790. The number of nitrogens with one attached hydrogen (secondary N) is 1. The van der Waals surface area contributed by atoms with Crippen LogP contribution in [-0.2, 0) is 9.59 Å². The Morgan fingerprint density at radius 2 is 1.79 bits per heavy atom. The van der Waals surface area contributed by atoms with Crippen molar-refractivity contribution in [2.24, 2.45) is 0 Å². The lowest BCUT2D eigenvalue weighted by atomic mass is 10.1. The maximum Gasteiger partial charge on any atom is 0.266 e. The molecule has 1 amide bonds. The molecule has 0 bridgehead atoms. The maximum absolute atomic E-state index is 12.1. The molecule has 0 aliphatic rings. The Balaban J connectivity index is 2.08. The summed E-state index contributed by atoms with van der Waals surface area (Å²) < 4.78 is 4.95. The van der Waals surface area contributed by atoms with E-state index in [1.165, 1.54) is 6.08 Å². The van der Waals surface area contributed by atoms with E-state index in [-0.39, 0.29) is 5.57 Å². The number of anilines is 1. The van der Waals surface area contributed by atoms with Gasteiger partial charge in [-0.1, -0.05) is 30.3 Å². The highest BCUT2D eigenvalue weighted by Gasteiger charge is 2.09. The van der Waals surface area contributed by atoms with Crippen molar-refractivity contribution in [3.05, 3.63) is 65.7 Å². The smallest absolute Gasteiger partial charge is 0.266 e. The average Bonchev–Trinajstić information content (AvgIpc) is 2.59. The summed E-state index contributed by atoms with van der Waals surface area (Å²) in [6.07, 6.45) is 1.43. The molecule has 1 N–H and O–H groups in total. The first-order valence-electron chi connectivity index (χ1n) is 6.99. The van der Waals surface area contributed by atoms with E-state index in [2.05, 4.69) is 5.32 Å². The van der Waals surface area contributed by atoms with Gasteiger partial charge in [-0.3, -0.25) is 4.79 Å². The molecule has 0 saturated carbocycles. The highest BCUT2D eigenvalue weighted by atomic mass is 16.5. The van der Waals surface area contributed by atoms with Crippen molar-refractivity contribution in [3.63, 3.8) is 0 Å². The predicted octanol–water partition coefficient (Wildman–Crippen LogP) is 1.36. The van der Waals surface area contributed by atoms with E-state index in [1.807, 2.05) is 12.1 Å². The molecule has 2 aromatic rings. The number of rotatable bonds is 6. The minimum absolute atomic E-state index is 0.0535. The maximum atomic E-state index is 12.1. The summed E-state index contributed by atoms with van der Waals surface area (Å²) in [6.45, 7) is -0.544. The normalized spacial score (nSPS) is 10.5. The van der Waals surface area contributed by atoms with Crippen LogP contribution in [0.15, 0.2) is 60.2 Å². The van der Waals surface area contributed by atoms with E-state index < -0.39 is 18.5 Å². The number of amides is 1. The second-order valence-electron chi connectivity index (χ2n) is 4.72. The molecular formula is C18H13N2O4-. The van der Waals surface area contributed by atoms with Crippen LogP contribution in [0.4, 0.5) is 5.69 Å². The van der Waals surface area contributed by atoms with E-state index in [0.29, 0.717) is 17.0 Å². The molecule has 0 fully saturated rings. The van der Waals surface area contributed by atoms with Gasteiger partial charge in [-0.25, -0.2) is 0 Å². The number of carbonyl (C=O) groups excluding carboxylic acids is 2. The third-order valence-corrected chi connectivity index (χ3v) is 2.94. The Hall–Kier alpha value is -3.59. The number of aliphatic carboxylic acids is 1. The van der Waals surface area contributed by atoms with Crippen LogP contribution in [0.25, 0.3) is 6.08 Å². The summed E-state index contributed by atoms with van der Waals surface area (Å²) in [5.74, 6) is -1.48. The lowest BCUT2D eigenvalue weighted by Crippen LogP contribution is -2.28. The van der Waals surface area contributed by atoms with Crippen molar-refractivity contribution in [2.45, 2.75) is 0 Å². The van der Waals surface area contributed by atoms with Crippen molar-refractivity contribution in [1.82, 2.24) is 0 Å². The van der Waals surface area contributed by atoms with Crippen LogP contribution in [0.2, 0.25) is 0 Å². The fraction of sp³-hybridized carbons (Fsp3) is 0.0556. The predicted molar refractivity (Wildman–Crippen MR) is 85.6 cm³/mol. The third kappa shape index (κ3) is 5.00. The highest BCUT2D eigenvalue weighted by molar-refractivity contribution is 6.09. The van der Waals surface area contributed by atoms with Crippen molar-refractivity contribution in [3.8, 4) is 11.8 Å². The Labute approximate surface area is 138 Å². The topological polar surface area (TPSA) is 102 Å². The fourth-order valence-corrected chi connectivity index (χ4v) is 1.84. The lowest BCUT2D eigenvalue weighted by Gasteiger charge is -2.07. The number of ether oxygens (including phenoxy) is 1. The monoisotopic (exact) mass is 321 g/mol. The van der Waals surface area contributed by atoms with Gasteiger partial charge in [0.05, 0.1) is 5.97 Å². The van der Waals surface area contributed by atoms with E-state index in [1.54, 1.807) is 48.5 Å². The molecular weight excluding hydrogens is 308 g/mol. The highest BCUT2D eigenvalue weighted by Crippen LogP contribution is 2.15. The molecule has 2 aromatic carbocycles. The molecule has 0 aromatic heterocycles. The lowest BCUT2D eigenvalue weighted by molar-refractivity contribution is -0.307. The van der Waals surface area contributed by atoms with Crippen LogP contribution >= 0.6 is 0 Å². The van der Waals surface area contributed by atoms with Gasteiger partial charge in [0.25, 0.3) is 5.91 Å². The van der Waals surface area contributed by atoms with Crippen LogP contribution in [0.5, 0.6) is 5.75 Å². The van der Waals surface area contributed by atoms with Gasteiger partial charge in [0.1, 0.15) is 24.0 Å². The van der Waals surface area contributed by atoms with Gasteiger partial charge in [0.15, 0.2) is 0 Å². The Morgan fingerprint density at radius 3 is 2.38 bits per heavy atom. The molecule has 6 nitrogen and oxygen atoms in total. The molecule has 0 aliphatic carbocycles. The van der Waals surface area contributed by atoms with Crippen LogP contribution in [0, 0.1) is 11.3 Å². The second kappa shape index (κ2) is 8.15. The Kier molecular flexibility index (Phi) is 5.70. The summed E-state index contributed by atoms with van der Waals surface area (Å²) in [5, 5.41) is 22.1. The molecule has 24 heavy (non-hydrogen) atoms. The molecule has 0 aliphatic heterocycles. The molecule has 0 spiro atoms. The van der Waals surface area contributed by atoms with Gasteiger partial charge in [-0.05, 0) is 35.9 Å². The number of carboxylic acid groups (broad SMARTS) is 1. The molecule has 0 atom stereocenters. The van der Waals surface area contributed by atoms with Gasteiger partial charge >= 0.3 is 0 Å². The van der Waals surface area contributed by atoms with Crippen LogP contribution < -0.4 is 15.2 Å². The zero-order valence-corrected chi connectivity index (χ0v) is 12.6. The quantitative estimate of drug-likeness (QED) is 0.639. The molecule has 0 radical (unpaired) electrons. The van der Waals surface area contributed by atoms with Gasteiger partial charge in [-0.2, -0.15) is 5.26 Å². The van der Waals surface area contributed by atoms with Crippen LogP contribution in [0.1, 0.15) is 5.56 Å². The first-order chi connectivity index (χ1) is 11.6. The minimum Gasteiger partial charge on any atom is -0.546 e. The van der Waals surface area contributed by atoms with Gasteiger partial charge in [-0.15, -0.1) is 0 Å². The van der Waals surface area contributed by atoms with Gasteiger partial charge in [0, 0.05) is 5.69 Å². The number of nitrogens with zero attached hydrogens (tertiary/aromatic N) is 1. The molecule has 0 unspecified atom stereocenters. The first kappa shape index (κ1) is 16.8. The van der Waals surface area contributed by atoms with E-state index in [4.69, 9.17) is 10.00 Å². The Morgan fingerprint density at radius 1 is 1.12 bits per heavy atom. The van der Waals surface area contributed by atoms with E-state index >= 15 is 0 Å². The number of nitriles is 1. The fourth-order valence-electron chi connectivity index (χ4n) is 1.84. The SMILES string of the molecule is N#C/C(=C/c1ccc(OCC(=O)[O-])cc1)C(=O)Nc1ccccc1. The largest absolute Gasteiger partial charge is 0.546 e. The second-order valence-corrected chi connectivity index (χ2v) is 4.72. The van der Waals surface area contributed by atoms with Crippen LogP contribution in [0.3, 0.4) is 0 Å². The van der Waals surface area contributed by atoms with Crippen molar-refractivity contribution in [2.75, 3.05) is 11.9 Å². The molecule has 0 heterocycles. The number of hydrogen-bond donors (Lipinski definition) is 1. The zero-order valence-electron chi connectivity index (χ0n) is 12.6. The standard InChI is InChI=1S/C18H14N2O4/c19-11-14(18(23)20-15-4-2-1-3-5-15)10-13-6-8-16(9-7-13)24-12-17(21)22/h1-10H,12H2,(H,20,23)(H,21,22)/p-1/b14-10-. The van der Waals surface area contributed by atoms with Gasteiger partial charge < -0.3 is 20.0 Å². The number of carbonyl (C=O) groups is 2. The zero-order chi connectivity index (χ0) is 17.4. The average molecular weight is 321 g/mol. The molecule has 6 heteroatoms. The number of hydrogen-bond acceptors (Lipinski definition) is 5. The number of carboxylic acids is 1. The van der Waals surface area contributed by atoms with Crippen molar-refractivity contribution < 1.29 is 19.4 Å². The number of para-hydroxylation sites is 1. The number of benzene rings is 2. The van der Waals surface area contributed by atoms with Gasteiger partial charge in [0.2, 0.25) is 0 Å². The summed E-state index contributed by atoms with van der Waals surface area (Å²) >= 11 is 0. The van der Waals surface area contributed by atoms with Crippen molar-refractivity contribution in [1.29, 1.82) is 5.26 Å². The van der Waals surface area contributed by atoms with E-state index in [9.17, 15) is 14.7 Å². The molecule has 2 rings (SSSR count). The molecule has 120 valence electrons. The van der Waals surface area contributed by atoms with Crippen LogP contribution in [-0.4, -0.2) is 18.5 Å². The third-order valence-electron chi connectivity index (χ3n) is 2.94. The summed E-state index contributed by atoms with van der Waals surface area (Å²) in [4.78, 5) is 22.4. The van der Waals surface area contributed by atoms with Crippen molar-refractivity contribution >= 4 is 23.6 Å². The first-order valence-corrected chi connectivity index (χ1v) is 6.99. The van der Waals surface area contributed by atoms with E-state index in [0.717, 1.165) is 0 Å². The summed E-state index contributed by atoms with van der Waals surface area (Å²) in [7, 11) is 0. The summed E-state index contributed by atoms with van der Waals surface area (Å²) in [5.41, 5.74) is 1.15. The molecule has 0 saturated heterocycles.